The highest BCUT2D eigenvalue weighted by Gasteiger charge is 2.10. The molecule has 0 aliphatic heterocycles. The van der Waals surface area contributed by atoms with Crippen molar-refractivity contribution in [2.24, 2.45) is 0 Å². The molecular formula is C14H13FO2. The molecule has 0 spiro atoms. The Morgan fingerprint density at radius 3 is 2.59 bits per heavy atom. The van der Waals surface area contributed by atoms with Crippen LogP contribution >= 0.6 is 0 Å². The van der Waals surface area contributed by atoms with E-state index in [1.165, 1.54) is 12.1 Å². The summed E-state index contributed by atoms with van der Waals surface area (Å²) in [4.78, 5) is 0. The van der Waals surface area contributed by atoms with Crippen molar-refractivity contribution in [2.45, 2.75) is 6.92 Å². The zero-order valence-electron chi connectivity index (χ0n) is 9.70. The first-order valence-electron chi connectivity index (χ1n) is 5.26. The van der Waals surface area contributed by atoms with Gasteiger partial charge in [0.15, 0.2) is 11.6 Å². The molecule has 0 aliphatic carbocycles. The van der Waals surface area contributed by atoms with Gasteiger partial charge in [-0.15, -0.1) is 0 Å². The van der Waals surface area contributed by atoms with Gasteiger partial charge >= 0.3 is 0 Å². The molecule has 2 aromatic rings. The molecule has 2 aromatic carbocycles. The monoisotopic (exact) mass is 232 g/mol. The minimum Gasteiger partial charge on any atom is -0.505 e. The first-order valence-corrected chi connectivity index (χ1v) is 5.26. The van der Waals surface area contributed by atoms with E-state index in [1.54, 1.807) is 13.2 Å². The summed E-state index contributed by atoms with van der Waals surface area (Å²) >= 11 is 0. The number of methoxy groups -OCH3 is 1. The summed E-state index contributed by atoms with van der Waals surface area (Å²) in [6.45, 7) is 1.94. The van der Waals surface area contributed by atoms with E-state index in [-0.39, 0.29) is 5.75 Å². The van der Waals surface area contributed by atoms with Crippen molar-refractivity contribution in [2.75, 3.05) is 7.11 Å². The van der Waals surface area contributed by atoms with E-state index < -0.39 is 5.82 Å². The molecule has 3 heteroatoms. The molecule has 0 atom stereocenters. The standard InChI is InChI=1S/C14H13FO2/c1-9-4-3-5-11(14(9)17-2)10-6-7-12(15)13(16)8-10/h3-8,16H,1-2H3. The molecule has 17 heavy (non-hydrogen) atoms. The van der Waals surface area contributed by atoms with Crippen molar-refractivity contribution in [1.29, 1.82) is 0 Å². The molecule has 0 unspecified atom stereocenters. The third kappa shape index (κ3) is 2.09. The highest BCUT2D eigenvalue weighted by Crippen LogP contribution is 2.34. The Kier molecular flexibility index (Phi) is 3.00. The smallest absolute Gasteiger partial charge is 0.164 e. The van der Waals surface area contributed by atoms with E-state index in [0.29, 0.717) is 0 Å². The van der Waals surface area contributed by atoms with Gasteiger partial charge in [-0.1, -0.05) is 24.3 Å². The van der Waals surface area contributed by atoms with Crippen LogP contribution in [-0.4, -0.2) is 12.2 Å². The zero-order valence-corrected chi connectivity index (χ0v) is 9.70. The minimum atomic E-state index is -0.625. The van der Waals surface area contributed by atoms with Crippen molar-refractivity contribution in [3.63, 3.8) is 0 Å². The molecule has 0 saturated carbocycles. The first-order chi connectivity index (χ1) is 8.13. The van der Waals surface area contributed by atoms with E-state index >= 15 is 0 Å². The Labute approximate surface area is 99.3 Å². The molecular weight excluding hydrogens is 219 g/mol. The van der Waals surface area contributed by atoms with Gasteiger partial charge in [-0.2, -0.15) is 0 Å². The second-order valence-electron chi connectivity index (χ2n) is 3.82. The molecule has 0 heterocycles. The molecule has 1 N–H and O–H groups in total. The number of aryl methyl sites for hydroxylation is 1. The van der Waals surface area contributed by atoms with Crippen LogP contribution in [0.2, 0.25) is 0 Å². The van der Waals surface area contributed by atoms with Crippen molar-refractivity contribution in [3.8, 4) is 22.6 Å². The van der Waals surface area contributed by atoms with Crippen molar-refractivity contribution in [3.05, 3.63) is 47.8 Å². The maximum absolute atomic E-state index is 13.0. The number of benzene rings is 2. The predicted molar refractivity (Wildman–Crippen MR) is 64.8 cm³/mol. The Balaban J connectivity index is 2.60. The van der Waals surface area contributed by atoms with Gasteiger partial charge in [0.25, 0.3) is 0 Å². The minimum absolute atomic E-state index is 0.356. The number of ether oxygens (including phenoxy) is 1. The van der Waals surface area contributed by atoms with Crippen LogP contribution in [0.1, 0.15) is 5.56 Å². The Morgan fingerprint density at radius 1 is 1.18 bits per heavy atom. The molecule has 0 radical (unpaired) electrons. The van der Waals surface area contributed by atoms with Crippen LogP contribution in [0.5, 0.6) is 11.5 Å². The lowest BCUT2D eigenvalue weighted by atomic mass is 10.0. The van der Waals surface area contributed by atoms with Gasteiger partial charge in [0.05, 0.1) is 7.11 Å². The van der Waals surface area contributed by atoms with Gasteiger partial charge in [0, 0.05) is 5.56 Å². The highest BCUT2D eigenvalue weighted by atomic mass is 19.1. The number of hydrogen-bond donors (Lipinski definition) is 1. The molecule has 0 fully saturated rings. The largest absolute Gasteiger partial charge is 0.505 e. The average Bonchev–Trinajstić information content (AvgIpc) is 2.32. The predicted octanol–water partition coefficient (Wildman–Crippen LogP) is 3.52. The number of hydrogen-bond acceptors (Lipinski definition) is 2. The zero-order chi connectivity index (χ0) is 12.4. The van der Waals surface area contributed by atoms with Crippen molar-refractivity contribution in [1.82, 2.24) is 0 Å². The van der Waals surface area contributed by atoms with Gasteiger partial charge in [-0.05, 0) is 30.2 Å². The topological polar surface area (TPSA) is 29.5 Å². The molecule has 2 rings (SSSR count). The average molecular weight is 232 g/mol. The third-order valence-electron chi connectivity index (χ3n) is 2.67. The number of rotatable bonds is 2. The number of aromatic hydroxyl groups is 1. The van der Waals surface area contributed by atoms with E-state index in [2.05, 4.69) is 0 Å². The summed E-state index contributed by atoms with van der Waals surface area (Å²) in [6, 6.07) is 9.96. The van der Waals surface area contributed by atoms with Gasteiger partial charge in [0.1, 0.15) is 5.75 Å². The Morgan fingerprint density at radius 2 is 1.94 bits per heavy atom. The second-order valence-corrected chi connectivity index (χ2v) is 3.82. The lowest BCUT2D eigenvalue weighted by molar-refractivity contribution is 0.413. The van der Waals surface area contributed by atoms with Crippen LogP contribution in [-0.2, 0) is 0 Å². The number of para-hydroxylation sites is 1. The summed E-state index contributed by atoms with van der Waals surface area (Å²) < 4.78 is 18.3. The molecule has 0 aromatic heterocycles. The Bertz CT molecular complexity index is 550. The molecule has 2 nitrogen and oxygen atoms in total. The third-order valence-corrected chi connectivity index (χ3v) is 2.67. The van der Waals surface area contributed by atoms with Crippen molar-refractivity contribution < 1.29 is 14.2 Å². The quantitative estimate of drug-likeness (QED) is 0.858. The van der Waals surface area contributed by atoms with Crippen LogP contribution in [0.25, 0.3) is 11.1 Å². The molecule has 88 valence electrons. The Hall–Kier alpha value is -2.03. The highest BCUT2D eigenvalue weighted by molar-refractivity contribution is 5.73. The summed E-state index contributed by atoms with van der Waals surface area (Å²) in [5.74, 6) is -0.245. The number of phenols is 1. The summed E-state index contributed by atoms with van der Waals surface area (Å²) in [7, 11) is 1.59. The lowest BCUT2D eigenvalue weighted by Gasteiger charge is -2.11. The fourth-order valence-electron chi connectivity index (χ4n) is 1.83. The summed E-state index contributed by atoms with van der Waals surface area (Å²) in [5, 5.41) is 9.38. The second kappa shape index (κ2) is 4.45. The van der Waals surface area contributed by atoms with Crippen LogP contribution < -0.4 is 4.74 Å². The first kappa shape index (κ1) is 11.5. The maximum Gasteiger partial charge on any atom is 0.164 e. The molecule has 0 bridgehead atoms. The SMILES string of the molecule is COc1c(C)cccc1-c1ccc(F)c(O)c1. The molecule has 0 aliphatic rings. The number of halogens is 1. The lowest BCUT2D eigenvalue weighted by Crippen LogP contribution is -1.91. The van der Waals surface area contributed by atoms with E-state index in [4.69, 9.17) is 4.74 Å². The van der Waals surface area contributed by atoms with E-state index in [1.807, 2.05) is 25.1 Å². The van der Waals surface area contributed by atoms with Gasteiger partial charge in [-0.3, -0.25) is 0 Å². The van der Waals surface area contributed by atoms with E-state index in [0.717, 1.165) is 22.4 Å². The van der Waals surface area contributed by atoms with Crippen LogP contribution in [0.4, 0.5) is 4.39 Å². The van der Waals surface area contributed by atoms with Gasteiger partial charge in [0.2, 0.25) is 0 Å². The normalized spacial score (nSPS) is 10.3. The van der Waals surface area contributed by atoms with Gasteiger partial charge < -0.3 is 9.84 Å². The van der Waals surface area contributed by atoms with E-state index in [9.17, 15) is 9.50 Å². The van der Waals surface area contributed by atoms with Crippen LogP contribution in [0.3, 0.4) is 0 Å². The molecule has 0 saturated heterocycles. The molecule has 0 amide bonds. The van der Waals surface area contributed by atoms with Crippen molar-refractivity contribution >= 4 is 0 Å². The van der Waals surface area contributed by atoms with Crippen LogP contribution in [0, 0.1) is 12.7 Å². The number of phenolic OH excluding ortho intramolecular Hbond substituents is 1. The fraction of sp³-hybridized carbons (Fsp3) is 0.143. The fourth-order valence-corrected chi connectivity index (χ4v) is 1.83. The van der Waals surface area contributed by atoms with Crippen LogP contribution in [0.15, 0.2) is 36.4 Å². The summed E-state index contributed by atoms with van der Waals surface area (Å²) in [5.41, 5.74) is 2.56. The van der Waals surface area contributed by atoms with Gasteiger partial charge in [-0.25, -0.2) is 4.39 Å². The maximum atomic E-state index is 13.0. The summed E-state index contributed by atoms with van der Waals surface area (Å²) in [6.07, 6.45) is 0.